The molecule has 5 nitrogen and oxygen atoms in total. The number of hydrogen-bond acceptors (Lipinski definition) is 5. The van der Waals surface area contributed by atoms with Gasteiger partial charge < -0.3 is 19.7 Å². The van der Waals surface area contributed by atoms with E-state index in [0.717, 1.165) is 24.5 Å². The third-order valence-corrected chi connectivity index (χ3v) is 2.17. The number of ether oxygens (including phenoxy) is 2. The number of rotatable bonds is 4. The highest BCUT2D eigenvalue weighted by atomic mass is 16.6. The van der Waals surface area contributed by atoms with Gasteiger partial charge in [0, 0.05) is 19.2 Å². The van der Waals surface area contributed by atoms with Gasteiger partial charge in [0.1, 0.15) is 6.61 Å². The van der Waals surface area contributed by atoms with Gasteiger partial charge in [-0.15, -0.1) is 0 Å². The van der Waals surface area contributed by atoms with Crippen molar-refractivity contribution in [3.63, 3.8) is 0 Å². The van der Waals surface area contributed by atoms with Crippen molar-refractivity contribution in [1.82, 2.24) is 5.16 Å². The monoisotopic (exact) mass is 198 g/mol. The largest absolute Gasteiger partial charge is 0.379 e. The summed E-state index contributed by atoms with van der Waals surface area (Å²) in [7, 11) is 0. The van der Waals surface area contributed by atoms with Crippen LogP contribution in [0.1, 0.15) is 17.9 Å². The molecule has 1 aromatic heterocycles. The molecule has 0 saturated carbocycles. The van der Waals surface area contributed by atoms with Crippen LogP contribution >= 0.6 is 0 Å². The summed E-state index contributed by atoms with van der Waals surface area (Å²) in [6, 6.07) is 1.82. The third-order valence-electron chi connectivity index (χ3n) is 2.17. The second kappa shape index (κ2) is 4.54. The van der Waals surface area contributed by atoms with E-state index in [9.17, 15) is 0 Å². The highest BCUT2D eigenvalue weighted by Crippen LogP contribution is 2.12. The summed E-state index contributed by atoms with van der Waals surface area (Å²) in [4.78, 5) is 0. The van der Waals surface area contributed by atoms with Gasteiger partial charge in [0.2, 0.25) is 0 Å². The van der Waals surface area contributed by atoms with Crippen LogP contribution in [0.25, 0.3) is 0 Å². The SMILES string of the molecule is NCc1cc(COC2CCOC2)on1. The van der Waals surface area contributed by atoms with E-state index in [1.165, 1.54) is 0 Å². The van der Waals surface area contributed by atoms with Crippen molar-refractivity contribution in [3.8, 4) is 0 Å². The molecule has 0 aliphatic carbocycles. The van der Waals surface area contributed by atoms with Crippen molar-refractivity contribution in [2.24, 2.45) is 5.73 Å². The van der Waals surface area contributed by atoms with Crippen molar-refractivity contribution >= 4 is 0 Å². The molecule has 0 aromatic carbocycles. The van der Waals surface area contributed by atoms with Gasteiger partial charge >= 0.3 is 0 Å². The lowest BCUT2D eigenvalue weighted by molar-refractivity contribution is 0.0212. The summed E-state index contributed by atoms with van der Waals surface area (Å²) in [6.45, 7) is 2.31. The maximum absolute atomic E-state index is 5.55. The minimum Gasteiger partial charge on any atom is -0.379 e. The van der Waals surface area contributed by atoms with Gasteiger partial charge in [0.05, 0.1) is 18.4 Å². The molecule has 1 saturated heterocycles. The van der Waals surface area contributed by atoms with Gasteiger partial charge in [0.25, 0.3) is 0 Å². The molecule has 0 spiro atoms. The first kappa shape index (κ1) is 9.64. The second-order valence-electron chi connectivity index (χ2n) is 3.29. The summed E-state index contributed by atoms with van der Waals surface area (Å²) in [5.41, 5.74) is 6.15. The molecule has 1 aliphatic heterocycles. The number of aromatic nitrogens is 1. The Kier molecular flexibility index (Phi) is 3.13. The smallest absolute Gasteiger partial charge is 0.162 e. The van der Waals surface area contributed by atoms with Crippen LogP contribution in [-0.2, 0) is 22.6 Å². The average Bonchev–Trinajstić information content (AvgIpc) is 2.86. The number of nitrogens with two attached hydrogens (primary N) is 1. The molecule has 2 N–H and O–H groups in total. The molecule has 5 heteroatoms. The molecule has 1 unspecified atom stereocenters. The van der Waals surface area contributed by atoms with Crippen LogP contribution < -0.4 is 5.73 Å². The van der Waals surface area contributed by atoms with Gasteiger partial charge in [-0.25, -0.2) is 0 Å². The molecule has 0 radical (unpaired) electrons. The highest BCUT2D eigenvalue weighted by molar-refractivity contribution is 5.03. The lowest BCUT2D eigenvalue weighted by Gasteiger charge is -2.06. The number of nitrogens with zero attached hydrogens (tertiary/aromatic N) is 1. The summed E-state index contributed by atoms with van der Waals surface area (Å²) in [5.74, 6) is 0.720. The van der Waals surface area contributed by atoms with Crippen molar-refractivity contribution in [3.05, 3.63) is 17.5 Å². The lowest BCUT2D eigenvalue weighted by Crippen LogP contribution is -2.11. The van der Waals surface area contributed by atoms with Crippen LogP contribution in [0.4, 0.5) is 0 Å². The molecule has 0 bridgehead atoms. The van der Waals surface area contributed by atoms with Gasteiger partial charge in [-0.1, -0.05) is 5.16 Å². The van der Waals surface area contributed by atoms with Gasteiger partial charge in [-0.05, 0) is 6.42 Å². The third kappa shape index (κ3) is 2.31. The molecule has 1 aliphatic rings. The van der Waals surface area contributed by atoms with E-state index in [4.69, 9.17) is 19.7 Å². The first-order valence-corrected chi connectivity index (χ1v) is 4.72. The quantitative estimate of drug-likeness (QED) is 0.760. The zero-order valence-electron chi connectivity index (χ0n) is 7.94. The predicted molar refractivity (Wildman–Crippen MR) is 48.4 cm³/mol. The highest BCUT2D eigenvalue weighted by Gasteiger charge is 2.16. The minimum atomic E-state index is 0.196. The maximum atomic E-state index is 5.55. The molecule has 1 aromatic rings. The molecule has 14 heavy (non-hydrogen) atoms. The minimum absolute atomic E-state index is 0.196. The molecule has 78 valence electrons. The number of hydrogen-bond donors (Lipinski definition) is 1. The van der Waals surface area contributed by atoms with E-state index in [0.29, 0.717) is 19.8 Å². The van der Waals surface area contributed by atoms with Crippen molar-refractivity contribution in [2.45, 2.75) is 25.7 Å². The predicted octanol–water partition coefficient (Wildman–Crippen LogP) is 0.439. The molecule has 0 amide bonds. The molecular weight excluding hydrogens is 184 g/mol. The molecule has 1 atom stereocenters. The van der Waals surface area contributed by atoms with E-state index in [-0.39, 0.29) is 6.10 Å². The molecular formula is C9H14N2O3. The van der Waals surface area contributed by atoms with Crippen LogP contribution in [-0.4, -0.2) is 24.5 Å². The Hall–Kier alpha value is -0.910. The Balaban J connectivity index is 1.79. The normalized spacial score (nSPS) is 21.6. The topological polar surface area (TPSA) is 70.5 Å². The van der Waals surface area contributed by atoms with Crippen molar-refractivity contribution in [1.29, 1.82) is 0 Å². The fourth-order valence-electron chi connectivity index (χ4n) is 1.36. The first-order chi connectivity index (χ1) is 6.88. The summed E-state index contributed by atoms with van der Waals surface area (Å²) >= 11 is 0. The van der Waals surface area contributed by atoms with E-state index in [1.807, 2.05) is 6.07 Å². The lowest BCUT2D eigenvalue weighted by atomic mass is 10.3. The maximum Gasteiger partial charge on any atom is 0.162 e. The van der Waals surface area contributed by atoms with Crippen LogP contribution in [0, 0.1) is 0 Å². The zero-order chi connectivity index (χ0) is 9.80. The summed E-state index contributed by atoms with van der Waals surface area (Å²) < 4.78 is 15.7. The zero-order valence-corrected chi connectivity index (χ0v) is 7.94. The Morgan fingerprint density at radius 2 is 2.57 bits per heavy atom. The van der Waals surface area contributed by atoms with Crippen LogP contribution in [0.15, 0.2) is 10.6 Å². The molecule has 1 fully saturated rings. The molecule has 2 rings (SSSR count). The van der Waals surface area contributed by atoms with Crippen molar-refractivity contribution in [2.75, 3.05) is 13.2 Å². The summed E-state index contributed by atoms with van der Waals surface area (Å²) in [6.07, 6.45) is 1.15. The Morgan fingerprint density at radius 3 is 3.21 bits per heavy atom. The van der Waals surface area contributed by atoms with Gasteiger partial charge in [-0.2, -0.15) is 0 Å². The molecule has 2 heterocycles. The van der Waals surface area contributed by atoms with E-state index < -0.39 is 0 Å². The van der Waals surface area contributed by atoms with Gasteiger partial charge in [-0.3, -0.25) is 0 Å². The van der Waals surface area contributed by atoms with Crippen LogP contribution in [0.2, 0.25) is 0 Å². The van der Waals surface area contributed by atoms with Gasteiger partial charge in [0.15, 0.2) is 5.76 Å². The summed E-state index contributed by atoms with van der Waals surface area (Å²) in [5, 5.41) is 3.77. The van der Waals surface area contributed by atoms with E-state index in [1.54, 1.807) is 0 Å². The van der Waals surface area contributed by atoms with E-state index in [2.05, 4.69) is 5.16 Å². The van der Waals surface area contributed by atoms with Crippen LogP contribution in [0.5, 0.6) is 0 Å². The Bertz CT molecular complexity index is 281. The van der Waals surface area contributed by atoms with Crippen LogP contribution in [0.3, 0.4) is 0 Å². The van der Waals surface area contributed by atoms with E-state index >= 15 is 0 Å². The first-order valence-electron chi connectivity index (χ1n) is 4.72. The fraction of sp³-hybridized carbons (Fsp3) is 0.667. The Labute approximate surface area is 82.1 Å². The Morgan fingerprint density at radius 1 is 1.64 bits per heavy atom. The second-order valence-corrected chi connectivity index (χ2v) is 3.29. The fourth-order valence-corrected chi connectivity index (χ4v) is 1.36. The standard InChI is InChI=1S/C9H14N2O3/c10-4-7-3-9(14-11-7)6-13-8-1-2-12-5-8/h3,8H,1-2,4-6,10H2. The van der Waals surface area contributed by atoms with Crippen molar-refractivity contribution < 1.29 is 14.0 Å². The average molecular weight is 198 g/mol.